The Labute approximate surface area is 100 Å². The van der Waals surface area contributed by atoms with Gasteiger partial charge >= 0.3 is 0 Å². The molecule has 0 heterocycles. The van der Waals surface area contributed by atoms with Crippen molar-refractivity contribution >= 4 is 28.9 Å². The number of nitrogens with two attached hydrogens (primary N) is 1. The fourth-order valence-corrected chi connectivity index (χ4v) is 1.82. The number of halogens is 2. The molecule has 0 atom stereocenters. The topological polar surface area (TPSA) is 35.2 Å². The first-order valence-electron chi connectivity index (χ1n) is 5.02. The van der Waals surface area contributed by atoms with Crippen molar-refractivity contribution < 1.29 is 4.74 Å². The van der Waals surface area contributed by atoms with E-state index in [0.29, 0.717) is 28.1 Å². The Kier molecular flexibility index (Phi) is 5.06. The van der Waals surface area contributed by atoms with Crippen LogP contribution in [0, 0.1) is 0 Å². The molecule has 2 nitrogen and oxygen atoms in total. The highest BCUT2D eigenvalue weighted by Gasteiger charge is 2.07. The lowest BCUT2D eigenvalue weighted by Gasteiger charge is -2.10. The minimum atomic E-state index is 0.469. The second-order valence-corrected chi connectivity index (χ2v) is 4.21. The van der Waals surface area contributed by atoms with Gasteiger partial charge in [-0.25, -0.2) is 0 Å². The van der Waals surface area contributed by atoms with Crippen LogP contribution in [-0.2, 0) is 0 Å². The number of benzene rings is 1. The largest absolute Gasteiger partial charge is 0.490 e. The molecule has 0 spiro atoms. The Morgan fingerprint density at radius 1 is 1.27 bits per heavy atom. The molecule has 4 heteroatoms. The summed E-state index contributed by atoms with van der Waals surface area (Å²) in [6.45, 7) is 2.78. The molecule has 0 amide bonds. The lowest BCUT2D eigenvalue weighted by atomic mass is 10.2. The second kappa shape index (κ2) is 6.09. The van der Waals surface area contributed by atoms with Crippen molar-refractivity contribution in [2.75, 3.05) is 12.3 Å². The Bertz CT molecular complexity index is 305. The standard InChI is InChI=1S/C11H15Cl2NO/c1-2-3-4-5-15-11-9(13)6-8(12)7-10(11)14/h6-7H,2-5,14H2,1H3. The summed E-state index contributed by atoms with van der Waals surface area (Å²) in [5.74, 6) is 0.539. The zero-order valence-electron chi connectivity index (χ0n) is 8.72. The lowest BCUT2D eigenvalue weighted by Crippen LogP contribution is -2.01. The molecular weight excluding hydrogens is 233 g/mol. The van der Waals surface area contributed by atoms with Gasteiger partial charge in [-0.05, 0) is 18.6 Å². The van der Waals surface area contributed by atoms with Gasteiger partial charge in [-0.1, -0.05) is 43.0 Å². The van der Waals surface area contributed by atoms with Crippen LogP contribution in [0.25, 0.3) is 0 Å². The van der Waals surface area contributed by atoms with Crippen molar-refractivity contribution in [2.45, 2.75) is 26.2 Å². The molecule has 0 bridgehead atoms. The smallest absolute Gasteiger partial charge is 0.160 e. The maximum absolute atomic E-state index is 5.96. The van der Waals surface area contributed by atoms with Crippen LogP contribution in [0.3, 0.4) is 0 Å². The van der Waals surface area contributed by atoms with Crippen LogP contribution in [-0.4, -0.2) is 6.61 Å². The highest BCUT2D eigenvalue weighted by molar-refractivity contribution is 6.36. The number of ether oxygens (including phenoxy) is 1. The number of rotatable bonds is 5. The van der Waals surface area contributed by atoms with Crippen molar-refractivity contribution in [3.63, 3.8) is 0 Å². The summed E-state index contributed by atoms with van der Waals surface area (Å²) in [5, 5.41) is 0.995. The molecule has 0 aliphatic rings. The van der Waals surface area contributed by atoms with Gasteiger partial charge in [0.15, 0.2) is 5.75 Å². The third-order valence-electron chi connectivity index (χ3n) is 2.03. The van der Waals surface area contributed by atoms with E-state index < -0.39 is 0 Å². The lowest BCUT2D eigenvalue weighted by molar-refractivity contribution is 0.308. The molecule has 0 radical (unpaired) electrons. The molecule has 0 aromatic heterocycles. The average molecular weight is 248 g/mol. The normalized spacial score (nSPS) is 10.3. The van der Waals surface area contributed by atoms with Crippen LogP contribution in [0.1, 0.15) is 26.2 Å². The van der Waals surface area contributed by atoms with Gasteiger partial charge in [0, 0.05) is 5.02 Å². The monoisotopic (exact) mass is 247 g/mol. The molecule has 1 aromatic rings. The fraction of sp³-hybridized carbons (Fsp3) is 0.455. The Balaban J connectivity index is 2.60. The van der Waals surface area contributed by atoms with E-state index >= 15 is 0 Å². The highest BCUT2D eigenvalue weighted by atomic mass is 35.5. The van der Waals surface area contributed by atoms with Crippen LogP contribution < -0.4 is 10.5 Å². The van der Waals surface area contributed by atoms with Crippen LogP contribution in [0.2, 0.25) is 10.0 Å². The van der Waals surface area contributed by atoms with Crippen molar-refractivity contribution in [3.8, 4) is 5.75 Å². The SMILES string of the molecule is CCCCCOc1c(N)cc(Cl)cc1Cl. The third kappa shape index (κ3) is 3.80. The molecule has 1 aromatic carbocycles. The first-order valence-corrected chi connectivity index (χ1v) is 5.78. The molecule has 0 aliphatic carbocycles. The van der Waals surface area contributed by atoms with Crippen molar-refractivity contribution in [1.82, 2.24) is 0 Å². The minimum absolute atomic E-state index is 0.469. The van der Waals surface area contributed by atoms with E-state index in [0.717, 1.165) is 19.3 Å². The van der Waals surface area contributed by atoms with Gasteiger partial charge in [-0.15, -0.1) is 0 Å². The van der Waals surface area contributed by atoms with Crippen LogP contribution in [0.5, 0.6) is 5.75 Å². The highest BCUT2D eigenvalue weighted by Crippen LogP contribution is 2.34. The van der Waals surface area contributed by atoms with E-state index in [9.17, 15) is 0 Å². The summed E-state index contributed by atoms with van der Waals surface area (Å²) in [6, 6.07) is 3.28. The number of unbranched alkanes of at least 4 members (excludes halogenated alkanes) is 2. The Hall–Kier alpha value is -0.600. The van der Waals surface area contributed by atoms with Gasteiger partial charge in [0.05, 0.1) is 17.3 Å². The van der Waals surface area contributed by atoms with E-state index in [2.05, 4.69) is 6.92 Å². The van der Waals surface area contributed by atoms with E-state index in [1.807, 2.05) is 0 Å². The van der Waals surface area contributed by atoms with E-state index in [-0.39, 0.29) is 0 Å². The minimum Gasteiger partial charge on any atom is -0.490 e. The van der Waals surface area contributed by atoms with Crippen molar-refractivity contribution in [1.29, 1.82) is 0 Å². The molecule has 84 valence electrons. The van der Waals surface area contributed by atoms with E-state index in [1.165, 1.54) is 0 Å². The van der Waals surface area contributed by atoms with Crippen molar-refractivity contribution in [3.05, 3.63) is 22.2 Å². The van der Waals surface area contributed by atoms with E-state index in [1.54, 1.807) is 12.1 Å². The summed E-state index contributed by atoms with van der Waals surface area (Å²) < 4.78 is 5.51. The van der Waals surface area contributed by atoms with Crippen LogP contribution >= 0.6 is 23.2 Å². The quantitative estimate of drug-likeness (QED) is 0.627. The first-order chi connectivity index (χ1) is 7.15. The Morgan fingerprint density at radius 2 is 2.00 bits per heavy atom. The summed E-state index contributed by atoms with van der Waals surface area (Å²) >= 11 is 11.7. The summed E-state index contributed by atoms with van der Waals surface area (Å²) in [4.78, 5) is 0. The zero-order valence-corrected chi connectivity index (χ0v) is 10.2. The van der Waals surface area contributed by atoms with Crippen LogP contribution in [0.4, 0.5) is 5.69 Å². The molecule has 2 N–H and O–H groups in total. The van der Waals surface area contributed by atoms with Crippen molar-refractivity contribution in [2.24, 2.45) is 0 Å². The molecule has 0 saturated carbocycles. The predicted octanol–water partition coefficient (Wildman–Crippen LogP) is 4.14. The predicted molar refractivity (Wildman–Crippen MR) is 65.9 cm³/mol. The van der Waals surface area contributed by atoms with Gasteiger partial charge in [0.2, 0.25) is 0 Å². The maximum Gasteiger partial charge on any atom is 0.160 e. The summed E-state index contributed by atoms with van der Waals surface area (Å²) in [6.07, 6.45) is 3.31. The average Bonchev–Trinajstić information content (AvgIpc) is 2.15. The number of anilines is 1. The van der Waals surface area contributed by atoms with E-state index in [4.69, 9.17) is 33.7 Å². The Morgan fingerprint density at radius 3 is 2.60 bits per heavy atom. The molecule has 0 saturated heterocycles. The third-order valence-corrected chi connectivity index (χ3v) is 2.53. The van der Waals surface area contributed by atoms with Gasteiger partial charge < -0.3 is 10.5 Å². The zero-order chi connectivity index (χ0) is 11.3. The van der Waals surface area contributed by atoms with Gasteiger partial charge in [-0.3, -0.25) is 0 Å². The number of hydrogen-bond acceptors (Lipinski definition) is 2. The molecule has 0 fully saturated rings. The summed E-state index contributed by atoms with van der Waals surface area (Å²) in [5.41, 5.74) is 6.23. The molecular formula is C11H15Cl2NO. The number of nitrogen functional groups attached to an aromatic ring is 1. The van der Waals surface area contributed by atoms with Gasteiger partial charge in [-0.2, -0.15) is 0 Å². The van der Waals surface area contributed by atoms with Crippen LogP contribution in [0.15, 0.2) is 12.1 Å². The second-order valence-electron chi connectivity index (χ2n) is 3.36. The number of hydrogen-bond donors (Lipinski definition) is 1. The molecule has 15 heavy (non-hydrogen) atoms. The first kappa shape index (κ1) is 12.5. The van der Waals surface area contributed by atoms with Gasteiger partial charge in [0.1, 0.15) is 0 Å². The molecule has 0 aliphatic heterocycles. The summed E-state index contributed by atoms with van der Waals surface area (Å²) in [7, 11) is 0. The molecule has 0 unspecified atom stereocenters. The molecule has 1 rings (SSSR count). The maximum atomic E-state index is 5.96. The van der Waals surface area contributed by atoms with Gasteiger partial charge in [0.25, 0.3) is 0 Å². The fourth-order valence-electron chi connectivity index (χ4n) is 1.26.